The van der Waals surface area contributed by atoms with Crippen LogP contribution in [0.4, 0.5) is 13.2 Å². The Hall–Kier alpha value is -1.03. The van der Waals surface area contributed by atoms with Gasteiger partial charge in [-0.1, -0.05) is 13.8 Å². The Morgan fingerprint density at radius 1 is 1.05 bits per heavy atom. The van der Waals surface area contributed by atoms with E-state index in [0.717, 1.165) is 31.7 Å². The molecule has 0 aromatic heterocycles. The number of benzene rings is 1. The second-order valence-corrected chi connectivity index (χ2v) is 6.18. The van der Waals surface area contributed by atoms with Gasteiger partial charge in [0.2, 0.25) is 0 Å². The van der Waals surface area contributed by atoms with E-state index >= 15 is 0 Å². The molecule has 0 atom stereocenters. The number of hydrogen-bond acceptors (Lipinski definition) is 1. The lowest BCUT2D eigenvalue weighted by Crippen LogP contribution is -2.35. The van der Waals surface area contributed by atoms with Crippen LogP contribution in [0.1, 0.15) is 45.1 Å². The average Bonchev–Trinajstić information content (AvgIpc) is 2.33. The molecule has 1 N–H and O–H groups in total. The van der Waals surface area contributed by atoms with E-state index < -0.39 is 17.5 Å². The lowest BCUT2D eigenvalue weighted by molar-refractivity contribution is 0.205. The van der Waals surface area contributed by atoms with Crippen LogP contribution in [0, 0.1) is 22.9 Å². The van der Waals surface area contributed by atoms with Gasteiger partial charge < -0.3 is 5.32 Å². The maximum absolute atomic E-state index is 13.5. The summed E-state index contributed by atoms with van der Waals surface area (Å²) in [7, 11) is 0. The molecule has 1 aliphatic carbocycles. The second-order valence-electron chi connectivity index (χ2n) is 6.18. The number of halogens is 3. The molecular formula is C15H20F3N. The van der Waals surface area contributed by atoms with Gasteiger partial charge in [0.25, 0.3) is 0 Å². The third-order valence-electron chi connectivity index (χ3n) is 4.01. The molecule has 1 fully saturated rings. The zero-order chi connectivity index (χ0) is 14.0. The van der Waals surface area contributed by atoms with Crippen LogP contribution in [0.25, 0.3) is 0 Å². The predicted octanol–water partition coefficient (Wildman–Crippen LogP) is 4.16. The van der Waals surface area contributed by atoms with Crippen molar-refractivity contribution in [2.24, 2.45) is 5.41 Å². The zero-order valence-electron chi connectivity index (χ0n) is 11.4. The monoisotopic (exact) mass is 271 g/mol. The van der Waals surface area contributed by atoms with Crippen molar-refractivity contribution in [2.75, 3.05) is 0 Å². The molecule has 0 bridgehead atoms. The van der Waals surface area contributed by atoms with Gasteiger partial charge in [0, 0.05) is 24.2 Å². The van der Waals surface area contributed by atoms with Crippen molar-refractivity contribution in [2.45, 2.75) is 52.1 Å². The largest absolute Gasteiger partial charge is 0.310 e. The van der Waals surface area contributed by atoms with Crippen LogP contribution in [0.2, 0.25) is 0 Å². The summed E-state index contributed by atoms with van der Waals surface area (Å²) in [6.07, 6.45) is 4.34. The molecule has 0 radical (unpaired) electrons. The van der Waals surface area contributed by atoms with E-state index in [-0.39, 0.29) is 12.1 Å². The maximum atomic E-state index is 13.5. The van der Waals surface area contributed by atoms with Gasteiger partial charge in [-0.2, -0.15) is 0 Å². The minimum Gasteiger partial charge on any atom is -0.310 e. The molecule has 2 rings (SSSR count). The Kier molecular flexibility index (Phi) is 4.19. The van der Waals surface area contributed by atoms with Gasteiger partial charge in [-0.05, 0) is 37.2 Å². The summed E-state index contributed by atoms with van der Waals surface area (Å²) in [5.74, 6) is -2.83. The summed E-state index contributed by atoms with van der Waals surface area (Å²) >= 11 is 0. The van der Waals surface area contributed by atoms with Gasteiger partial charge in [-0.3, -0.25) is 0 Å². The minimum atomic E-state index is -1.14. The molecule has 4 heteroatoms. The minimum absolute atomic E-state index is 0.184. The van der Waals surface area contributed by atoms with Crippen LogP contribution >= 0.6 is 0 Å². The highest BCUT2D eigenvalue weighted by Crippen LogP contribution is 2.35. The highest BCUT2D eigenvalue weighted by Gasteiger charge is 2.26. The van der Waals surface area contributed by atoms with Crippen molar-refractivity contribution < 1.29 is 13.2 Å². The highest BCUT2D eigenvalue weighted by atomic mass is 19.2. The molecule has 1 aliphatic rings. The lowest BCUT2D eigenvalue weighted by atomic mass is 9.75. The summed E-state index contributed by atoms with van der Waals surface area (Å²) in [5.41, 5.74) is 0.564. The van der Waals surface area contributed by atoms with E-state index in [4.69, 9.17) is 0 Å². The fraction of sp³-hybridized carbons (Fsp3) is 0.600. The first-order valence-corrected chi connectivity index (χ1v) is 6.74. The average molecular weight is 271 g/mol. The van der Waals surface area contributed by atoms with Crippen LogP contribution in [-0.4, -0.2) is 6.04 Å². The first-order valence-electron chi connectivity index (χ1n) is 6.74. The van der Waals surface area contributed by atoms with Crippen LogP contribution in [0.15, 0.2) is 12.1 Å². The Bertz CT molecular complexity index is 447. The number of rotatable bonds is 3. The fourth-order valence-corrected chi connectivity index (χ4v) is 2.56. The number of nitrogens with one attached hydrogen (secondary N) is 1. The van der Waals surface area contributed by atoms with E-state index in [2.05, 4.69) is 19.2 Å². The normalized spacial score (nSPS) is 19.6. The Morgan fingerprint density at radius 3 is 2.26 bits per heavy atom. The van der Waals surface area contributed by atoms with Crippen molar-refractivity contribution in [3.63, 3.8) is 0 Å². The molecule has 0 amide bonds. The van der Waals surface area contributed by atoms with E-state index in [1.807, 2.05) is 0 Å². The van der Waals surface area contributed by atoms with Gasteiger partial charge in [-0.15, -0.1) is 0 Å². The first-order chi connectivity index (χ1) is 8.87. The van der Waals surface area contributed by atoms with Gasteiger partial charge in [0.1, 0.15) is 5.82 Å². The summed E-state index contributed by atoms with van der Waals surface area (Å²) in [6, 6.07) is 1.88. The Balaban J connectivity index is 1.91. The van der Waals surface area contributed by atoms with Crippen molar-refractivity contribution >= 4 is 0 Å². The van der Waals surface area contributed by atoms with Crippen LogP contribution in [-0.2, 0) is 6.54 Å². The standard InChI is InChI=1S/C15H20F3N/c1-15(2)5-3-11(4-6-15)19-9-10-7-13(17)14(18)8-12(10)16/h7-8,11,19H,3-6,9H2,1-2H3. The molecular weight excluding hydrogens is 251 g/mol. The van der Waals surface area contributed by atoms with Crippen LogP contribution in [0.3, 0.4) is 0 Å². The Morgan fingerprint density at radius 2 is 1.63 bits per heavy atom. The highest BCUT2D eigenvalue weighted by molar-refractivity contribution is 5.20. The molecule has 0 unspecified atom stereocenters. The van der Waals surface area contributed by atoms with Crippen molar-refractivity contribution in [3.8, 4) is 0 Å². The second kappa shape index (κ2) is 5.53. The molecule has 19 heavy (non-hydrogen) atoms. The summed E-state index contributed by atoms with van der Waals surface area (Å²) in [5, 5.41) is 3.23. The molecule has 1 aromatic carbocycles. The van der Waals surface area contributed by atoms with E-state index in [9.17, 15) is 13.2 Å². The molecule has 0 saturated heterocycles. The van der Waals surface area contributed by atoms with Gasteiger partial charge >= 0.3 is 0 Å². The van der Waals surface area contributed by atoms with Crippen molar-refractivity contribution in [1.82, 2.24) is 5.32 Å². The zero-order valence-corrected chi connectivity index (χ0v) is 11.4. The molecule has 0 heterocycles. The first kappa shape index (κ1) is 14.4. The van der Waals surface area contributed by atoms with E-state index in [1.54, 1.807) is 0 Å². The topological polar surface area (TPSA) is 12.0 Å². The summed E-state index contributed by atoms with van der Waals surface area (Å²) in [4.78, 5) is 0. The maximum Gasteiger partial charge on any atom is 0.161 e. The van der Waals surface area contributed by atoms with E-state index in [0.29, 0.717) is 17.5 Å². The number of hydrogen-bond donors (Lipinski definition) is 1. The molecule has 1 saturated carbocycles. The fourth-order valence-electron chi connectivity index (χ4n) is 2.56. The SMILES string of the molecule is CC1(C)CCC(NCc2cc(F)c(F)cc2F)CC1. The van der Waals surface area contributed by atoms with Crippen LogP contribution in [0.5, 0.6) is 0 Å². The molecule has 0 spiro atoms. The molecule has 1 aromatic rings. The molecule has 106 valence electrons. The third kappa shape index (κ3) is 3.72. The summed E-state index contributed by atoms with van der Waals surface area (Å²) in [6.45, 7) is 4.74. The quantitative estimate of drug-likeness (QED) is 0.814. The van der Waals surface area contributed by atoms with Gasteiger partial charge in [0.05, 0.1) is 0 Å². The lowest BCUT2D eigenvalue weighted by Gasteiger charge is -2.34. The molecule has 1 nitrogen and oxygen atoms in total. The smallest absolute Gasteiger partial charge is 0.161 e. The molecule has 0 aliphatic heterocycles. The summed E-state index contributed by atoms with van der Waals surface area (Å²) < 4.78 is 39.3. The van der Waals surface area contributed by atoms with Crippen molar-refractivity contribution in [3.05, 3.63) is 35.1 Å². The van der Waals surface area contributed by atoms with E-state index in [1.165, 1.54) is 0 Å². The Labute approximate surface area is 112 Å². The third-order valence-corrected chi connectivity index (χ3v) is 4.01. The van der Waals surface area contributed by atoms with Crippen LogP contribution < -0.4 is 5.32 Å². The van der Waals surface area contributed by atoms with Gasteiger partial charge in [-0.25, -0.2) is 13.2 Å². The van der Waals surface area contributed by atoms with Gasteiger partial charge in [0.15, 0.2) is 11.6 Å². The van der Waals surface area contributed by atoms with Crippen molar-refractivity contribution in [1.29, 1.82) is 0 Å². The predicted molar refractivity (Wildman–Crippen MR) is 69.2 cm³/mol.